The van der Waals surface area contributed by atoms with Crippen molar-refractivity contribution in [2.45, 2.75) is 19.1 Å². The fourth-order valence-corrected chi connectivity index (χ4v) is 1.64. The molecule has 1 atom stereocenters. The Hall–Kier alpha value is -1.75. The Morgan fingerprint density at radius 3 is 2.94 bits per heavy atom. The van der Waals surface area contributed by atoms with Crippen LogP contribution in [0.4, 0.5) is 0 Å². The van der Waals surface area contributed by atoms with Gasteiger partial charge in [0.15, 0.2) is 6.10 Å². The summed E-state index contributed by atoms with van der Waals surface area (Å²) in [5.41, 5.74) is 0.616. The molecule has 1 heterocycles. The highest BCUT2D eigenvalue weighted by Gasteiger charge is 2.29. The van der Waals surface area contributed by atoms with E-state index in [0.717, 1.165) is 0 Å². The summed E-state index contributed by atoms with van der Waals surface area (Å²) in [7, 11) is 1.54. The number of aliphatic hydroxyl groups is 1. The fourth-order valence-electron chi connectivity index (χ4n) is 1.64. The van der Waals surface area contributed by atoms with E-state index in [1.54, 1.807) is 25.3 Å². The smallest absolute Gasteiger partial charge is 0.347 e. The van der Waals surface area contributed by atoms with Gasteiger partial charge < -0.3 is 19.3 Å². The highest BCUT2D eigenvalue weighted by molar-refractivity contribution is 5.76. The molecule has 1 unspecified atom stereocenters. The molecule has 1 aromatic rings. The standard InChI is InChI=1S/C12H14O5/c1-15-9-3-2-8(7-13)11(6-9)17-10-4-5-16-12(10)14/h2-3,6,10,13H,4-5,7H2,1H3. The van der Waals surface area contributed by atoms with Crippen LogP contribution in [0.15, 0.2) is 18.2 Å². The van der Waals surface area contributed by atoms with Crippen molar-refractivity contribution in [2.75, 3.05) is 13.7 Å². The van der Waals surface area contributed by atoms with Gasteiger partial charge in [0.1, 0.15) is 11.5 Å². The Labute approximate surface area is 98.9 Å². The highest BCUT2D eigenvalue weighted by atomic mass is 16.6. The van der Waals surface area contributed by atoms with E-state index in [9.17, 15) is 9.90 Å². The lowest BCUT2D eigenvalue weighted by Gasteiger charge is -2.14. The Balaban J connectivity index is 2.20. The molecule has 92 valence electrons. The predicted molar refractivity (Wildman–Crippen MR) is 58.9 cm³/mol. The van der Waals surface area contributed by atoms with Crippen molar-refractivity contribution in [3.05, 3.63) is 23.8 Å². The van der Waals surface area contributed by atoms with Crippen LogP contribution in [0, 0.1) is 0 Å². The molecular formula is C12H14O5. The predicted octanol–water partition coefficient (Wildman–Crippen LogP) is 0.882. The molecule has 1 N–H and O–H groups in total. The average molecular weight is 238 g/mol. The van der Waals surface area contributed by atoms with E-state index >= 15 is 0 Å². The Morgan fingerprint density at radius 2 is 2.35 bits per heavy atom. The summed E-state index contributed by atoms with van der Waals surface area (Å²) in [4.78, 5) is 11.3. The van der Waals surface area contributed by atoms with Crippen LogP contribution in [-0.2, 0) is 16.1 Å². The normalized spacial score (nSPS) is 18.9. The minimum Gasteiger partial charge on any atom is -0.497 e. The third-order valence-electron chi connectivity index (χ3n) is 2.60. The number of carbonyl (C=O) groups is 1. The SMILES string of the molecule is COc1ccc(CO)c(OC2CCOC2=O)c1. The first-order valence-corrected chi connectivity index (χ1v) is 5.35. The molecule has 1 aliphatic rings. The number of hydrogen-bond donors (Lipinski definition) is 1. The molecule has 0 spiro atoms. The molecule has 1 aliphatic heterocycles. The van der Waals surface area contributed by atoms with E-state index in [0.29, 0.717) is 30.1 Å². The molecule has 5 nitrogen and oxygen atoms in total. The number of cyclic esters (lactones) is 1. The molecule has 0 saturated carbocycles. The van der Waals surface area contributed by atoms with Crippen molar-refractivity contribution in [2.24, 2.45) is 0 Å². The van der Waals surface area contributed by atoms with Gasteiger partial charge in [-0.3, -0.25) is 0 Å². The van der Waals surface area contributed by atoms with Gasteiger partial charge in [0.25, 0.3) is 0 Å². The zero-order chi connectivity index (χ0) is 12.3. The minimum absolute atomic E-state index is 0.152. The number of rotatable bonds is 4. The number of benzene rings is 1. The molecule has 1 saturated heterocycles. The molecule has 0 aliphatic carbocycles. The maximum atomic E-state index is 11.3. The average Bonchev–Trinajstić information content (AvgIpc) is 2.75. The van der Waals surface area contributed by atoms with Crippen molar-refractivity contribution in [3.63, 3.8) is 0 Å². The summed E-state index contributed by atoms with van der Waals surface area (Å²) < 4.78 is 15.4. The summed E-state index contributed by atoms with van der Waals surface area (Å²) in [5.74, 6) is 0.705. The van der Waals surface area contributed by atoms with E-state index < -0.39 is 6.10 Å². The zero-order valence-corrected chi connectivity index (χ0v) is 9.51. The molecule has 5 heteroatoms. The van der Waals surface area contributed by atoms with Gasteiger partial charge in [0, 0.05) is 18.1 Å². The number of methoxy groups -OCH3 is 1. The third kappa shape index (κ3) is 2.50. The number of esters is 1. The monoisotopic (exact) mass is 238 g/mol. The molecule has 1 aromatic carbocycles. The van der Waals surface area contributed by atoms with Crippen LogP contribution in [0.1, 0.15) is 12.0 Å². The lowest BCUT2D eigenvalue weighted by molar-refractivity contribution is -0.143. The summed E-state index contributed by atoms with van der Waals surface area (Å²) in [6.07, 6.45) is -0.0617. The Bertz CT molecular complexity index is 415. The topological polar surface area (TPSA) is 65.0 Å². The maximum absolute atomic E-state index is 11.3. The first-order valence-electron chi connectivity index (χ1n) is 5.35. The molecule has 1 fully saturated rings. The van der Waals surface area contributed by atoms with E-state index in [1.165, 1.54) is 0 Å². The number of aliphatic hydroxyl groups excluding tert-OH is 1. The van der Waals surface area contributed by atoms with Gasteiger partial charge in [-0.1, -0.05) is 0 Å². The molecule has 2 rings (SSSR count). The quantitative estimate of drug-likeness (QED) is 0.789. The molecule has 0 amide bonds. The van der Waals surface area contributed by atoms with Crippen molar-refractivity contribution in [3.8, 4) is 11.5 Å². The first kappa shape index (κ1) is 11.7. The zero-order valence-electron chi connectivity index (χ0n) is 9.51. The van der Waals surface area contributed by atoms with Crippen molar-refractivity contribution >= 4 is 5.97 Å². The fraction of sp³-hybridized carbons (Fsp3) is 0.417. The Kier molecular flexibility index (Phi) is 3.49. The second kappa shape index (κ2) is 5.05. The van der Waals surface area contributed by atoms with Crippen LogP contribution in [0.2, 0.25) is 0 Å². The van der Waals surface area contributed by atoms with Gasteiger partial charge in [0.2, 0.25) is 0 Å². The second-order valence-electron chi connectivity index (χ2n) is 3.69. The van der Waals surface area contributed by atoms with Gasteiger partial charge in [-0.2, -0.15) is 0 Å². The van der Waals surface area contributed by atoms with Crippen LogP contribution in [0.25, 0.3) is 0 Å². The van der Waals surface area contributed by atoms with Crippen LogP contribution >= 0.6 is 0 Å². The van der Waals surface area contributed by atoms with Crippen LogP contribution in [0.3, 0.4) is 0 Å². The summed E-state index contributed by atoms with van der Waals surface area (Å²) >= 11 is 0. The van der Waals surface area contributed by atoms with Crippen LogP contribution in [0.5, 0.6) is 11.5 Å². The Morgan fingerprint density at radius 1 is 1.53 bits per heavy atom. The minimum atomic E-state index is -0.590. The molecule has 0 bridgehead atoms. The molecule has 0 aromatic heterocycles. The van der Waals surface area contributed by atoms with Crippen molar-refractivity contribution in [1.29, 1.82) is 0 Å². The van der Waals surface area contributed by atoms with Crippen LogP contribution in [-0.4, -0.2) is 30.9 Å². The maximum Gasteiger partial charge on any atom is 0.347 e. The third-order valence-corrected chi connectivity index (χ3v) is 2.60. The summed E-state index contributed by atoms with van der Waals surface area (Å²) in [5, 5.41) is 9.18. The van der Waals surface area contributed by atoms with Gasteiger partial charge in [-0.15, -0.1) is 0 Å². The largest absolute Gasteiger partial charge is 0.497 e. The second-order valence-corrected chi connectivity index (χ2v) is 3.69. The summed E-state index contributed by atoms with van der Waals surface area (Å²) in [6.45, 7) is 0.225. The van der Waals surface area contributed by atoms with Crippen molar-refractivity contribution < 1.29 is 24.1 Å². The summed E-state index contributed by atoms with van der Waals surface area (Å²) in [6, 6.07) is 5.08. The van der Waals surface area contributed by atoms with Gasteiger partial charge in [-0.25, -0.2) is 4.79 Å². The molecule has 0 radical (unpaired) electrons. The molecule has 17 heavy (non-hydrogen) atoms. The van der Waals surface area contributed by atoms with E-state index in [4.69, 9.17) is 14.2 Å². The van der Waals surface area contributed by atoms with Gasteiger partial charge in [-0.05, 0) is 12.1 Å². The first-order chi connectivity index (χ1) is 8.24. The van der Waals surface area contributed by atoms with E-state index in [1.807, 2.05) is 0 Å². The number of ether oxygens (including phenoxy) is 3. The van der Waals surface area contributed by atoms with E-state index in [2.05, 4.69) is 0 Å². The van der Waals surface area contributed by atoms with E-state index in [-0.39, 0.29) is 12.6 Å². The lowest BCUT2D eigenvalue weighted by atomic mass is 10.2. The molecular weight excluding hydrogens is 224 g/mol. The number of hydrogen-bond acceptors (Lipinski definition) is 5. The van der Waals surface area contributed by atoms with Crippen LogP contribution < -0.4 is 9.47 Å². The van der Waals surface area contributed by atoms with Gasteiger partial charge in [0.05, 0.1) is 20.3 Å². The number of carbonyl (C=O) groups excluding carboxylic acids is 1. The van der Waals surface area contributed by atoms with Gasteiger partial charge >= 0.3 is 5.97 Å². The highest BCUT2D eigenvalue weighted by Crippen LogP contribution is 2.27. The van der Waals surface area contributed by atoms with Crippen molar-refractivity contribution in [1.82, 2.24) is 0 Å². The lowest BCUT2D eigenvalue weighted by Crippen LogP contribution is -2.22.